The first-order chi connectivity index (χ1) is 9.11. The second-order valence-electron chi connectivity index (χ2n) is 4.67. The van der Waals surface area contributed by atoms with Crippen molar-refractivity contribution in [3.8, 4) is 0 Å². The highest BCUT2D eigenvalue weighted by atomic mass is 16.4. The van der Waals surface area contributed by atoms with E-state index in [1.807, 2.05) is 0 Å². The van der Waals surface area contributed by atoms with Crippen LogP contribution in [0, 0.1) is 0 Å². The molecule has 1 aliphatic carbocycles. The number of carbonyl (C=O) groups is 3. The number of quaternary nitrogens is 1. The molecule has 116 valence electrons. The van der Waals surface area contributed by atoms with Gasteiger partial charge in [0.1, 0.15) is 12.2 Å². The van der Waals surface area contributed by atoms with Crippen LogP contribution in [0.2, 0.25) is 0 Å². The van der Waals surface area contributed by atoms with Crippen LogP contribution < -0.4 is 15.9 Å². The van der Waals surface area contributed by atoms with Crippen molar-refractivity contribution in [2.24, 2.45) is 0 Å². The van der Waals surface area contributed by atoms with Gasteiger partial charge in [0.25, 0.3) is 0 Å². The highest BCUT2D eigenvalue weighted by molar-refractivity contribution is 5.80. The maximum Gasteiger partial charge on any atom is 0.365 e. The SMILES string of the molecule is O=C([O-])C(O)C(O)C(=O)[O-].[NH3+]C1(C(=O)O)CCCCC1. The average molecular weight is 292 g/mol. The van der Waals surface area contributed by atoms with Crippen molar-refractivity contribution in [2.45, 2.75) is 49.9 Å². The fourth-order valence-corrected chi connectivity index (χ4v) is 1.70. The molecule has 9 nitrogen and oxygen atoms in total. The number of carbonyl (C=O) groups excluding carboxylic acids is 2. The standard InChI is InChI=1S/C7H13NO2.C4H6O6/c8-7(6(9)10)4-2-1-3-5-7;5-1(3(7)8)2(6)4(9)10/h1-5,8H2,(H,9,10);1-2,5-6H,(H,7,8)(H,9,10)/p-1. The number of aliphatic hydroxyl groups excluding tert-OH is 2. The van der Waals surface area contributed by atoms with Crippen LogP contribution in [0.15, 0.2) is 0 Å². The number of hydrogen-bond donors (Lipinski definition) is 4. The Morgan fingerprint density at radius 3 is 1.50 bits per heavy atom. The summed E-state index contributed by atoms with van der Waals surface area (Å²) in [4.78, 5) is 29.9. The Morgan fingerprint density at radius 2 is 1.30 bits per heavy atom. The molecule has 0 aromatic heterocycles. The first kappa shape index (κ1) is 18.3. The molecule has 6 N–H and O–H groups in total. The molecule has 0 aromatic rings. The normalized spacial score (nSPS) is 19.9. The summed E-state index contributed by atoms with van der Waals surface area (Å²) in [7, 11) is 0. The van der Waals surface area contributed by atoms with E-state index in [0.717, 1.165) is 25.7 Å². The minimum absolute atomic E-state index is 0.655. The Kier molecular flexibility index (Phi) is 7.11. The highest BCUT2D eigenvalue weighted by Gasteiger charge is 2.39. The van der Waals surface area contributed by atoms with Gasteiger partial charge in [-0.2, -0.15) is 0 Å². The first-order valence-electron chi connectivity index (χ1n) is 5.98. The van der Waals surface area contributed by atoms with Crippen LogP contribution in [0.4, 0.5) is 0 Å². The van der Waals surface area contributed by atoms with E-state index in [0.29, 0.717) is 0 Å². The summed E-state index contributed by atoms with van der Waals surface area (Å²) >= 11 is 0. The van der Waals surface area contributed by atoms with Gasteiger partial charge in [-0.05, 0) is 12.8 Å². The number of aliphatic hydroxyl groups is 2. The van der Waals surface area contributed by atoms with Gasteiger partial charge in [-0.1, -0.05) is 6.42 Å². The smallest absolute Gasteiger partial charge is 0.365 e. The zero-order chi connectivity index (χ0) is 15.9. The fraction of sp³-hybridized carbons (Fsp3) is 0.727. The zero-order valence-electron chi connectivity index (χ0n) is 10.8. The van der Waals surface area contributed by atoms with Crippen molar-refractivity contribution >= 4 is 17.9 Å². The molecule has 0 amide bonds. The molecule has 2 atom stereocenters. The maximum absolute atomic E-state index is 10.6. The van der Waals surface area contributed by atoms with E-state index in [4.69, 9.17) is 15.3 Å². The van der Waals surface area contributed by atoms with E-state index in [1.165, 1.54) is 6.42 Å². The van der Waals surface area contributed by atoms with Crippen molar-refractivity contribution in [3.63, 3.8) is 0 Å². The first-order valence-corrected chi connectivity index (χ1v) is 5.98. The summed E-state index contributed by atoms with van der Waals surface area (Å²) in [6.45, 7) is 0. The van der Waals surface area contributed by atoms with Gasteiger partial charge in [-0.25, -0.2) is 4.79 Å². The minimum atomic E-state index is -2.44. The third kappa shape index (κ3) is 5.51. The lowest BCUT2D eigenvalue weighted by Gasteiger charge is -2.24. The molecule has 0 spiro atoms. The topological polar surface area (TPSA) is 186 Å². The fourth-order valence-electron chi connectivity index (χ4n) is 1.70. The lowest BCUT2D eigenvalue weighted by molar-refractivity contribution is -0.468. The number of hydrogen-bond acceptors (Lipinski definition) is 7. The molecule has 0 bridgehead atoms. The molecule has 1 saturated carbocycles. The summed E-state index contributed by atoms with van der Waals surface area (Å²) in [5.41, 5.74) is 3.07. The predicted molar refractivity (Wildman–Crippen MR) is 58.4 cm³/mol. The lowest BCUT2D eigenvalue weighted by Crippen LogP contribution is -2.77. The van der Waals surface area contributed by atoms with E-state index in [9.17, 15) is 24.6 Å². The third-order valence-corrected chi connectivity index (χ3v) is 3.05. The van der Waals surface area contributed by atoms with Crippen LogP contribution in [-0.2, 0) is 14.4 Å². The molecule has 0 radical (unpaired) electrons. The highest BCUT2D eigenvalue weighted by Crippen LogP contribution is 2.23. The molecule has 0 heterocycles. The van der Waals surface area contributed by atoms with E-state index >= 15 is 0 Å². The molecule has 20 heavy (non-hydrogen) atoms. The molecule has 1 rings (SSSR count). The van der Waals surface area contributed by atoms with Crippen LogP contribution in [0.3, 0.4) is 0 Å². The summed E-state index contributed by atoms with van der Waals surface area (Å²) in [5.74, 6) is -4.85. The molecular weight excluding hydrogens is 274 g/mol. The Labute approximate surface area is 114 Å². The largest absolute Gasteiger partial charge is 0.547 e. The molecular formula is C11H18NO8-. The van der Waals surface area contributed by atoms with Crippen LogP contribution in [0.1, 0.15) is 32.1 Å². The molecule has 1 fully saturated rings. The molecule has 0 aromatic carbocycles. The average Bonchev–Trinajstić information content (AvgIpc) is 2.38. The lowest BCUT2D eigenvalue weighted by atomic mass is 9.83. The van der Waals surface area contributed by atoms with Gasteiger partial charge >= 0.3 is 5.97 Å². The van der Waals surface area contributed by atoms with Crippen molar-refractivity contribution in [1.29, 1.82) is 0 Å². The summed E-state index contributed by atoms with van der Waals surface area (Å²) in [5, 5.41) is 44.5. The van der Waals surface area contributed by atoms with Gasteiger partial charge in [-0.15, -0.1) is 0 Å². The second-order valence-corrected chi connectivity index (χ2v) is 4.67. The molecule has 1 aliphatic rings. The Hall–Kier alpha value is -1.71. The van der Waals surface area contributed by atoms with Crippen molar-refractivity contribution in [2.75, 3.05) is 0 Å². The van der Waals surface area contributed by atoms with Crippen LogP contribution in [0.25, 0.3) is 0 Å². The predicted octanol–water partition coefficient (Wildman–Crippen LogP) is -4.78. The van der Waals surface area contributed by atoms with Crippen LogP contribution in [-0.4, -0.2) is 51.0 Å². The summed E-state index contributed by atoms with van der Waals surface area (Å²) in [6, 6.07) is 0. The number of carboxylic acids is 3. The van der Waals surface area contributed by atoms with Crippen LogP contribution >= 0.6 is 0 Å². The number of carboxylic acid groups (broad SMARTS) is 3. The molecule has 9 heteroatoms. The van der Waals surface area contributed by atoms with Gasteiger partial charge in [0.2, 0.25) is 0 Å². The Bertz CT molecular complexity index is 345. The van der Waals surface area contributed by atoms with Gasteiger partial charge in [0.15, 0.2) is 5.54 Å². The Morgan fingerprint density at radius 1 is 0.950 bits per heavy atom. The van der Waals surface area contributed by atoms with Gasteiger partial charge in [0, 0.05) is 12.8 Å². The van der Waals surface area contributed by atoms with E-state index < -0.39 is 35.7 Å². The monoisotopic (exact) mass is 292 g/mol. The van der Waals surface area contributed by atoms with Crippen molar-refractivity contribution in [3.05, 3.63) is 0 Å². The maximum atomic E-state index is 10.6. The van der Waals surface area contributed by atoms with Crippen molar-refractivity contribution in [1.82, 2.24) is 0 Å². The third-order valence-electron chi connectivity index (χ3n) is 3.05. The summed E-state index contributed by atoms with van der Waals surface area (Å²) in [6.07, 6.45) is -0.157. The molecule has 2 unspecified atom stereocenters. The second kappa shape index (κ2) is 7.78. The zero-order valence-corrected chi connectivity index (χ0v) is 10.8. The minimum Gasteiger partial charge on any atom is -0.547 e. The number of rotatable bonds is 4. The van der Waals surface area contributed by atoms with Crippen LogP contribution in [0.5, 0.6) is 0 Å². The molecule has 0 aliphatic heterocycles. The van der Waals surface area contributed by atoms with Gasteiger partial charge in [-0.3, -0.25) is 0 Å². The van der Waals surface area contributed by atoms with E-state index in [-0.39, 0.29) is 0 Å². The van der Waals surface area contributed by atoms with E-state index in [2.05, 4.69) is 5.73 Å². The molecule has 0 saturated heterocycles. The van der Waals surface area contributed by atoms with E-state index in [1.54, 1.807) is 0 Å². The van der Waals surface area contributed by atoms with Crippen molar-refractivity contribution < 1.29 is 45.6 Å². The van der Waals surface area contributed by atoms with Gasteiger partial charge in [0.05, 0.1) is 11.9 Å². The Balaban J connectivity index is 0.000000361. The van der Waals surface area contributed by atoms with Gasteiger partial charge < -0.3 is 40.9 Å². The summed E-state index contributed by atoms with van der Waals surface area (Å²) < 4.78 is 0. The quantitative estimate of drug-likeness (QED) is 0.397. The number of aliphatic carboxylic acids is 3.